The average molecular weight is 1090 g/mol. The highest BCUT2D eigenvalue weighted by Gasteiger charge is 2.25. The fourth-order valence-electron chi connectivity index (χ4n) is 10.0. The number of carbonyl (C=O) groups is 3. The summed E-state index contributed by atoms with van der Waals surface area (Å²) < 4.78 is 22.9. The fourth-order valence-corrected chi connectivity index (χ4v) is 10.0. The van der Waals surface area contributed by atoms with E-state index in [4.69, 9.17) is 18.9 Å². The van der Waals surface area contributed by atoms with Gasteiger partial charge in [-0.3, -0.25) is 9.59 Å². The lowest BCUT2D eigenvalue weighted by atomic mass is 10.0. The summed E-state index contributed by atoms with van der Waals surface area (Å²) in [5.74, 6) is -1.98. The molecule has 0 spiro atoms. The van der Waals surface area contributed by atoms with Gasteiger partial charge in [-0.05, 0) is 44.9 Å². The van der Waals surface area contributed by atoms with Crippen molar-refractivity contribution in [2.75, 3.05) is 47.5 Å². The Balaban J connectivity index is 3.83. The van der Waals surface area contributed by atoms with Gasteiger partial charge in [-0.1, -0.05) is 301 Å². The Morgan fingerprint density at radius 1 is 0.390 bits per heavy atom. The number of allylic oxidation sites excluding steroid dienone is 4. The molecule has 0 aromatic heterocycles. The van der Waals surface area contributed by atoms with Gasteiger partial charge in [0.15, 0.2) is 6.10 Å². The number of rotatable bonds is 63. The summed E-state index contributed by atoms with van der Waals surface area (Å²) in [7, 11) is 5.98. The third kappa shape index (κ3) is 61.2. The van der Waals surface area contributed by atoms with Crippen molar-refractivity contribution in [3.8, 4) is 0 Å². The molecule has 77 heavy (non-hydrogen) atoms. The molecular weight excluding hydrogens is 959 g/mol. The zero-order valence-electron chi connectivity index (χ0n) is 51.9. The molecule has 9 heteroatoms. The van der Waals surface area contributed by atoms with Crippen molar-refractivity contribution < 1.29 is 42.9 Å². The third-order valence-electron chi connectivity index (χ3n) is 15.2. The highest BCUT2D eigenvalue weighted by atomic mass is 16.7. The quantitative estimate of drug-likeness (QED) is 0.0211. The maximum absolute atomic E-state index is 12.9. The molecule has 0 amide bonds. The zero-order valence-corrected chi connectivity index (χ0v) is 51.9. The van der Waals surface area contributed by atoms with E-state index in [1.54, 1.807) is 0 Å². The Hall–Kier alpha value is -2.23. The lowest BCUT2D eigenvalue weighted by Crippen LogP contribution is -2.40. The van der Waals surface area contributed by atoms with Crippen molar-refractivity contribution in [3.05, 3.63) is 24.3 Å². The molecule has 1 N–H and O–H groups in total. The maximum Gasteiger partial charge on any atom is 0.361 e. The highest BCUT2D eigenvalue weighted by molar-refractivity contribution is 5.71. The van der Waals surface area contributed by atoms with Gasteiger partial charge in [-0.25, -0.2) is 4.79 Å². The van der Waals surface area contributed by atoms with E-state index in [0.29, 0.717) is 17.4 Å². The topological polar surface area (TPSA) is 108 Å². The second kappa shape index (κ2) is 59.9. The summed E-state index contributed by atoms with van der Waals surface area (Å²) in [5.41, 5.74) is 0. The van der Waals surface area contributed by atoms with Gasteiger partial charge in [0.2, 0.25) is 0 Å². The summed E-state index contributed by atoms with van der Waals surface area (Å²) in [6.07, 6.45) is 70.4. The number of quaternary nitrogens is 1. The number of carboxylic acids is 1. The molecule has 2 atom stereocenters. The number of nitrogens with zero attached hydrogens (tertiary/aromatic N) is 1. The first-order chi connectivity index (χ1) is 37.6. The van der Waals surface area contributed by atoms with E-state index in [2.05, 4.69) is 38.2 Å². The minimum absolute atomic E-state index is 0.174. The number of hydrogen-bond acceptors (Lipinski definition) is 7. The lowest BCUT2D eigenvalue weighted by Gasteiger charge is -2.25. The molecule has 0 aromatic rings. The molecule has 0 saturated carbocycles. The van der Waals surface area contributed by atoms with Gasteiger partial charge in [0, 0.05) is 12.8 Å². The highest BCUT2D eigenvalue weighted by Crippen LogP contribution is 2.18. The van der Waals surface area contributed by atoms with E-state index < -0.39 is 18.4 Å². The van der Waals surface area contributed by atoms with Crippen LogP contribution >= 0.6 is 0 Å². The van der Waals surface area contributed by atoms with Crippen LogP contribution in [0.2, 0.25) is 0 Å². The first kappa shape index (κ1) is 74.8. The second-order valence-electron chi connectivity index (χ2n) is 24.1. The van der Waals surface area contributed by atoms with Crippen LogP contribution in [0.3, 0.4) is 0 Å². The Kier molecular flexibility index (Phi) is 58.1. The van der Waals surface area contributed by atoms with E-state index >= 15 is 0 Å². The molecule has 0 saturated heterocycles. The average Bonchev–Trinajstić information content (AvgIpc) is 3.40. The predicted octanol–water partition coefficient (Wildman–Crippen LogP) is 20.2. The summed E-state index contributed by atoms with van der Waals surface area (Å²) in [4.78, 5) is 37.3. The van der Waals surface area contributed by atoms with Gasteiger partial charge in [-0.15, -0.1) is 0 Å². The van der Waals surface area contributed by atoms with Crippen molar-refractivity contribution in [2.45, 2.75) is 347 Å². The molecule has 0 aromatic carbocycles. The molecule has 2 unspecified atom stereocenters. The second-order valence-corrected chi connectivity index (χ2v) is 24.1. The van der Waals surface area contributed by atoms with E-state index in [0.717, 1.165) is 44.9 Å². The molecule has 0 heterocycles. The first-order valence-corrected chi connectivity index (χ1v) is 33.5. The molecular formula is C68H130NO8+. The van der Waals surface area contributed by atoms with Crippen LogP contribution in [0.4, 0.5) is 0 Å². The van der Waals surface area contributed by atoms with E-state index in [1.165, 1.54) is 263 Å². The van der Waals surface area contributed by atoms with Gasteiger partial charge >= 0.3 is 17.9 Å². The van der Waals surface area contributed by atoms with Crippen molar-refractivity contribution in [1.29, 1.82) is 0 Å². The normalized spacial score (nSPS) is 12.8. The SMILES string of the molecule is CCCCCCC/C=C\C/C=C\CCCCCCCCCCCCCCCCCCCCCCCCCCCCCCCC(=O)OC(COC(=O)CCCCCCCCCCCCC)COC(OCC[N+](C)(C)C)C(=O)O. The van der Waals surface area contributed by atoms with Crippen LogP contribution in [0.15, 0.2) is 24.3 Å². The number of likely N-dealkylation sites (N-methyl/N-ethyl adjacent to an activating group) is 1. The van der Waals surface area contributed by atoms with Crippen LogP contribution in [0, 0.1) is 0 Å². The van der Waals surface area contributed by atoms with Crippen molar-refractivity contribution in [1.82, 2.24) is 0 Å². The summed E-state index contributed by atoms with van der Waals surface area (Å²) in [6.45, 7) is 4.90. The summed E-state index contributed by atoms with van der Waals surface area (Å²) in [6, 6.07) is 0. The Labute approximate surface area is 478 Å². The van der Waals surface area contributed by atoms with E-state index in [-0.39, 0.29) is 38.2 Å². The van der Waals surface area contributed by atoms with Crippen LogP contribution in [0.1, 0.15) is 335 Å². The summed E-state index contributed by atoms with van der Waals surface area (Å²) in [5, 5.41) is 9.69. The standard InChI is InChI=1S/C68H129NO8/c1-6-8-10-12-14-16-18-19-20-21-22-23-24-25-26-27-28-29-30-31-32-33-34-35-36-37-38-39-40-41-42-43-44-45-46-47-49-51-53-55-57-59-66(71)77-64(63-76-68(67(72)73)74-61-60-69(3,4)5)62-75-65(70)58-56-54-52-50-48-17-15-13-11-9-7-2/h18-19,21-22,64,68H,6-17,20,23-63H2,1-5H3/p+1/b19-18-,22-21-. The van der Waals surface area contributed by atoms with Gasteiger partial charge < -0.3 is 28.5 Å². The molecule has 9 nitrogen and oxygen atoms in total. The van der Waals surface area contributed by atoms with E-state index in [1.807, 2.05) is 21.1 Å². The molecule has 0 bridgehead atoms. The van der Waals surface area contributed by atoms with Crippen LogP contribution in [0.25, 0.3) is 0 Å². The van der Waals surface area contributed by atoms with Gasteiger partial charge in [0.25, 0.3) is 6.29 Å². The van der Waals surface area contributed by atoms with Crippen LogP contribution < -0.4 is 0 Å². The largest absolute Gasteiger partial charge is 0.477 e. The fraction of sp³-hybridized carbons (Fsp3) is 0.897. The van der Waals surface area contributed by atoms with Gasteiger partial charge in [-0.2, -0.15) is 0 Å². The minimum Gasteiger partial charge on any atom is -0.477 e. The molecule has 0 rings (SSSR count). The minimum atomic E-state index is -1.50. The van der Waals surface area contributed by atoms with Gasteiger partial charge in [0.05, 0.1) is 34.4 Å². The first-order valence-electron chi connectivity index (χ1n) is 33.5. The molecule has 0 fully saturated rings. The molecule has 454 valence electrons. The number of hydrogen-bond donors (Lipinski definition) is 1. The number of esters is 2. The molecule has 0 aliphatic carbocycles. The monoisotopic (exact) mass is 1090 g/mol. The predicted molar refractivity (Wildman–Crippen MR) is 328 cm³/mol. The van der Waals surface area contributed by atoms with E-state index in [9.17, 15) is 19.5 Å². The van der Waals surface area contributed by atoms with Gasteiger partial charge in [0.1, 0.15) is 13.2 Å². The number of ether oxygens (including phenoxy) is 4. The number of carbonyl (C=O) groups excluding carboxylic acids is 2. The van der Waals surface area contributed by atoms with Crippen molar-refractivity contribution in [2.24, 2.45) is 0 Å². The number of unbranched alkanes of at least 4 members (excludes halogenated alkanes) is 44. The Morgan fingerprint density at radius 3 is 1.03 bits per heavy atom. The molecule has 0 aliphatic rings. The number of carboxylic acid groups (broad SMARTS) is 1. The smallest absolute Gasteiger partial charge is 0.361 e. The van der Waals surface area contributed by atoms with Crippen LogP contribution in [0.5, 0.6) is 0 Å². The van der Waals surface area contributed by atoms with Crippen molar-refractivity contribution >= 4 is 17.9 Å². The Morgan fingerprint density at radius 2 is 0.701 bits per heavy atom. The maximum atomic E-state index is 12.9. The number of aliphatic carboxylic acids is 1. The third-order valence-corrected chi connectivity index (χ3v) is 15.2. The molecule has 0 aliphatic heterocycles. The van der Waals surface area contributed by atoms with Crippen LogP contribution in [-0.2, 0) is 33.3 Å². The zero-order chi connectivity index (χ0) is 56.2. The van der Waals surface area contributed by atoms with Crippen LogP contribution in [-0.4, -0.2) is 87.4 Å². The molecule has 0 radical (unpaired) electrons. The summed E-state index contributed by atoms with van der Waals surface area (Å²) >= 11 is 0. The van der Waals surface area contributed by atoms with Crippen molar-refractivity contribution in [3.63, 3.8) is 0 Å². The Bertz CT molecular complexity index is 1310. The lowest BCUT2D eigenvalue weighted by molar-refractivity contribution is -0.870.